The van der Waals surface area contributed by atoms with E-state index in [2.05, 4.69) is 31.3 Å². The maximum atomic E-state index is 5.92. The van der Waals surface area contributed by atoms with Gasteiger partial charge in [0.2, 0.25) is 0 Å². The molecule has 2 rings (SSSR count). The summed E-state index contributed by atoms with van der Waals surface area (Å²) >= 11 is 5.84. The first-order chi connectivity index (χ1) is 8.70. The third-order valence-electron chi connectivity index (χ3n) is 3.55. The largest absolute Gasteiger partial charge is 0.488 e. The molecular weight excluding hydrogens is 246 g/mol. The van der Waals surface area contributed by atoms with E-state index in [-0.39, 0.29) is 6.10 Å². The van der Waals surface area contributed by atoms with Gasteiger partial charge in [-0.25, -0.2) is 0 Å². The van der Waals surface area contributed by atoms with E-state index in [0.717, 1.165) is 25.1 Å². The molecule has 18 heavy (non-hydrogen) atoms. The molecule has 1 heterocycles. The van der Waals surface area contributed by atoms with E-state index in [4.69, 9.17) is 16.3 Å². The lowest BCUT2D eigenvalue weighted by Crippen LogP contribution is -2.40. The summed E-state index contributed by atoms with van der Waals surface area (Å²) in [5.41, 5.74) is 1.32. The number of halogens is 1. The highest BCUT2D eigenvalue weighted by molar-refractivity contribution is 6.17. The van der Waals surface area contributed by atoms with Crippen molar-refractivity contribution in [3.63, 3.8) is 0 Å². The zero-order chi connectivity index (χ0) is 13.0. The highest BCUT2D eigenvalue weighted by atomic mass is 35.5. The molecule has 0 saturated heterocycles. The van der Waals surface area contributed by atoms with Gasteiger partial charge in [0.05, 0.1) is 0 Å². The zero-order valence-corrected chi connectivity index (χ0v) is 11.9. The van der Waals surface area contributed by atoms with Gasteiger partial charge in [-0.1, -0.05) is 32.0 Å². The molecule has 2 atom stereocenters. The van der Waals surface area contributed by atoms with Crippen LogP contribution < -0.4 is 10.1 Å². The number of ether oxygens (including phenoxy) is 1. The molecule has 0 amide bonds. The van der Waals surface area contributed by atoms with Crippen LogP contribution in [-0.4, -0.2) is 24.6 Å². The molecule has 0 radical (unpaired) electrons. The molecule has 3 heteroatoms. The van der Waals surface area contributed by atoms with Gasteiger partial charge in [0.1, 0.15) is 11.9 Å². The van der Waals surface area contributed by atoms with Crippen molar-refractivity contribution in [1.82, 2.24) is 5.32 Å². The van der Waals surface area contributed by atoms with Gasteiger partial charge in [0, 0.05) is 24.9 Å². The van der Waals surface area contributed by atoms with Crippen LogP contribution in [0.15, 0.2) is 24.3 Å². The minimum atomic E-state index is 0.263. The van der Waals surface area contributed by atoms with E-state index < -0.39 is 0 Å². The number of para-hydroxylation sites is 1. The average molecular weight is 268 g/mol. The first kappa shape index (κ1) is 13.7. The molecule has 1 aromatic rings. The topological polar surface area (TPSA) is 21.3 Å². The SMILES string of the molecule is CC(C)C(CCCl)NCC1Cc2ccccc2O1. The van der Waals surface area contributed by atoms with Gasteiger partial charge in [-0.05, 0) is 24.0 Å². The smallest absolute Gasteiger partial charge is 0.123 e. The predicted molar refractivity (Wildman–Crippen MR) is 76.5 cm³/mol. The molecule has 1 N–H and O–H groups in total. The second kappa shape index (κ2) is 6.44. The van der Waals surface area contributed by atoms with Crippen molar-refractivity contribution >= 4 is 11.6 Å². The predicted octanol–water partition coefficient (Wildman–Crippen LogP) is 3.23. The number of nitrogens with one attached hydrogen (secondary N) is 1. The lowest BCUT2D eigenvalue weighted by Gasteiger charge is -2.23. The van der Waals surface area contributed by atoms with Gasteiger partial charge in [-0.3, -0.25) is 0 Å². The first-order valence-corrected chi connectivity index (χ1v) is 7.28. The number of rotatable bonds is 6. The van der Waals surface area contributed by atoms with Gasteiger partial charge >= 0.3 is 0 Å². The van der Waals surface area contributed by atoms with Crippen LogP contribution in [0.2, 0.25) is 0 Å². The highest BCUT2D eigenvalue weighted by Gasteiger charge is 2.23. The summed E-state index contributed by atoms with van der Waals surface area (Å²) in [6.07, 6.45) is 2.28. The van der Waals surface area contributed by atoms with Gasteiger partial charge in [-0.15, -0.1) is 11.6 Å². The summed E-state index contributed by atoms with van der Waals surface area (Å²) < 4.78 is 5.92. The van der Waals surface area contributed by atoms with Crippen molar-refractivity contribution in [3.8, 4) is 5.75 Å². The normalized spacial score (nSPS) is 19.7. The zero-order valence-electron chi connectivity index (χ0n) is 11.2. The Kier molecular flexibility index (Phi) is 4.90. The Bertz CT molecular complexity index is 356. The number of hydrogen-bond donors (Lipinski definition) is 1. The van der Waals surface area contributed by atoms with Gasteiger partial charge in [0.25, 0.3) is 0 Å². The van der Waals surface area contributed by atoms with Crippen LogP contribution in [0.5, 0.6) is 5.75 Å². The molecule has 1 aliphatic heterocycles. The molecule has 0 aromatic heterocycles. The first-order valence-electron chi connectivity index (χ1n) is 6.74. The van der Waals surface area contributed by atoms with E-state index in [0.29, 0.717) is 17.8 Å². The maximum Gasteiger partial charge on any atom is 0.123 e. The van der Waals surface area contributed by atoms with E-state index in [9.17, 15) is 0 Å². The second-order valence-corrected chi connectivity index (χ2v) is 5.67. The molecule has 0 bridgehead atoms. The van der Waals surface area contributed by atoms with Crippen LogP contribution in [0.3, 0.4) is 0 Å². The third kappa shape index (κ3) is 3.39. The molecule has 2 unspecified atom stereocenters. The van der Waals surface area contributed by atoms with Crippen molar-refractivity contribution in [2.24, 2.45) is 5.92 Å². The number of hydrogen-bond acceptors (Lipinski definition) is 2. The van der Waals surface area contributed by atoms with Crippen LogP contribution in [0, 0.1) is 5.92 Å². The summed E-state index contributed by atoms with van der Waals surface area (Å²) in [5.74, 6) is 2.36. The third-order valence-corrected chi connectivity index (χ3v) is 3.76. The summed E-state index contributed by atoms with van der Waals surface area (Å²) in [4.78, 5) is 0. The maximum absolute atomic E-state index is 5.92. The fourth-order valence-electron chi connectivity index (χ4n) is 2.44. The number of fused-ring (bicyclic) bond motifs is 1. The Morgan fingerprint density at radius 2 is 2.17 bits per heavy atom. The Labute approximate surface area is 115 Å². The fraction of sp³-hybridized carbons (Fsp3) is 0.600. The quantitative estimate of drug-likeness (QED) is 0.799. The standard InChI is InChI=1S/C15H22ClNO/c1-11(2)14(7-8-16)17-10-13-9-12-5-3-4-6-15(12)18-13/h3-6,11,13-14,17H,7-10H2,1-2H3. The lowest BCUT2D eigenvalue weighted by molar-refractivity contribution is 0.214. The number of alkyl halides is 1. The average Bonchev–Trinajstić information content (AvgIpc) is 2.76. The van der Waals surface area contributed by atoms with Crippen molar-refractivity contribution in [1.29, 1.82) is 0 Å². The minimum absolute atomic E-state index is 0.263. The molecular formula is C15H22ClNO. The van der Waals surface area contributed by atoms with Crippen LogP contribution in [-0.2, 0) is 6.42 Å². The van der Waals surface area contributed by atoms with Crippen molar-refractivity contribution in [2.75, 3.05) is 12.4 Å². The van der Waals surface area contributed by atoms with Crippen molar-refractivity contribution in [2.45, 2.75) is 38.8 Å². The fourth-order valence-corrected chi connectivity index (χ4v) is 2.67. The molecule has 2 nitrogen and oxygen atoms in total. The van der Waals surface area contributed by atoms with Crippen LogP contribution >= 0.6 is 11.6 Å². The monoisotopic (exact) mass is 267 g/mol. The van der Waals surface area contributed by atoms with E-state index in [1.54, 1.807) is 0 Å². The molecule has 1 aliphatic rings. The van der Waals surface area contributed by atoms with E-state index >= 15 is 0 Å². The summed E-state index contributed by atoms with van der Waals surface area (Å²) in [5, 5.41) is 3.59. The molecule has 0 spiro atoms. The Balaban J connectivity index is 1.82. The Morgan fingerprint density at radius 3 is 2.83 bits per heavy atom. The van der Waals surface area contributed by atoms with Gasteiger partial charge in [0.15, 0.2) is 0 Å². The van der Waals surface area contributed by atoms with E-state index in [1.807, 2.05) is 12.1 Å². The molecule has 1 aromatic carbocycles. The lowest BCUT2D eigenvalue weighted by atomic mass is 10.0. The van der Waals surface area contributed by atoms with Gasteiger partial charge in [-0.2, -0.15) is 0 Å². The van der Waals surface area contributed by atoms with Crippen LogP contribution in [0.4, 0.5) is 0 Å². The molecule has 0 saturated carbocycles. The van der Waals surface area contributed by atoms with Crippen LogP contribution in [0.1, 0.15) is 25.8 Å². The highest BCUT2D eigenvalue weighted by Crippen LogP contribution is 2.27. The van der Waals surface area contributed by atoms with Crippen molar-refractivity contribution < 1.29 is 4.74 Å². The summed E-state index contributed by atoms with van der Waals surface area (Å²) in [6.45, 7) is 5.36. The Morgan fingerprint density at radius 1 is 1.39 bits per heavy atom. The second-order valence-electron chi connectivity index (χ2n) is 5.29. The summed E-state index contributed by atoms with van der Waals surface area (Å²) in [7, 11) is 0. The Hall–Kier alpha value is -0.730. The number of benzene rings is 1. The molecule has 0 fully saturated rings. The molecule has 100 valence electrons. The summed E-state index contributed by atoms with van der Waals surface area (Å²) in [6, 6.07) is 8.78. The minimum Gasteiger partial charge on any atom is -0.488 e. The van der Waals surface area contributed by atoms with Gasteiger partial charge < -0.3 is 10.1 Å². The van der Waals surface area contributed by atoms with E-state index in [1.165, 1.54) is 5.56 Å². The van der Waals surface area contributed by atoms with Crippen molar-refractivity contribution in [3.05, 3.63) is 29.8 Å². The molecule has 0 aliphatic carbocycles. The van der Waals surface area contributed by atoms with Crippen LogP contribution in [0.25, 0.3) is 0 Å².